The Balaban J connectivity index is 1.78. The molecule has 0 aliphatic carbocycles. The van der Waals surface area contributed by atoms with Gasteiger partial charge in [-0.2, -0.15) is 4.98 Å². The van der Waals surface area contributed by atoms with Crippen LogP contribution in [0.1, 0.15) is 30.0 Å². The number of aryl methyl sites for hydroxylation is 1. The van der Waals surface area contributed by atoms with Crippen molar-refractivity contribution in [2.24, 2.45) is 0 Å². The molecule has 0 radical (unpaired) electrons. The number of rotatable bonds is 3. The minimum absolute atomic E-state index is 0.237. The number of carbonyl (C=O) groups excluding carboxylic acids is 1. The first-order chi connectivity index (χ1) is 9.78. The highest BCUT2D eigenvalue weighted by Crippen LogP contribution is 2.27. The summed E-state index contributed by atoms with van der Waals surface area (Å²) >= 11 is 0. The first-order valence-corrected chi connectivity index (χ1v) is 6.69. The van der Waals surface area contributed by atoms with Gasteiger partial charge in [-0.25, -0.2) is 0 Å². The van der Waals surface area contributed by atoms with Gasteiger partial charge < -0.3 is 4.74 Å². The van der Waals surface area contributed by atoms with Crippen molar-refractivity contribution >= 4 is 11.9 Å². The van der Waals surface area contributed by atoms with E-state index in [9.17, 15) is 4.79 Å². The molecule has 2 heterocycles. The Morgan fingerprint density at radius 3 is 3.15 bits per heavy atom. The molecule has 1 unspecified atom stereocenters. The summed E-state index contributed by atoms with van der Waals surface area (Å²) < 4.78 is 5.59. The lowest BCUT2D eigenvalue weighted by atomic mass is 9.97. The van der Waals surface area contributed by atoms with Gasteiger partial charge in [0, 0.05) is 6.42 Å². The molecule has 6 heteroatoms. The Morgan fingerprint density at radius 2 is 2.35 bits per heavy atom. The van der Waals surface area contributed by atoms with Gasteiger partial charge in [-0.3, -0.25) is 15.2 Å². The summed E-state index contributed by atoms with van der Waals surface area (Å²) in [7, 11) is 0. The maximum atomic E-state index is 12.3. The molecule has 2 aromatic rings. The van der Waals surface area contributed by atoms with Gasteiger partial charge in [0.2, 0.25) is 5.95 Å². The van der Waals surface area contributed by atoms with E-state index in [0.717, 1.165) is 29.8 Å². The summed E-state index contributed by atoms with van der Waals surface area (Å²) in [5.41, 5.74) is 2.07. The SMILES string of the molecule is CCc1nc(NC(=O)C2OCCc3ccccc32)n[nH]1. The lowest BCUT2D eigenvalue weighted by molar-refractivity contribution is -0.128. The predicted octanol–water partition coefficient (Wildman–Crippen LogP) is 1.62. The fourth-order valence-electron chi connectivity index (χ4n) is 2.30. The molecule has 3 rings (SSSR count). The van der Waals surface area contributed by atoms with Crippen molar-refractivity contribution in [3.63, 3.8) is 0 Å². The number of ether oxygens (including phenoxy) is 1. The lowest BCUT2D eigenvalue weighted by Crippen LogP contribution is -2.28. The Hall–Kier alpha value is -2.21. The molecule has 20 heavy (non-hydrogen) atoms. The van der Waals surface area contributed by atoms with Crippen LogP contribution in [-0.4, -0.2) is 27.7 Å². The molecule has 1 aromatic heterocycles. The Labute approximate surface area is 116 Å². The molecule has 0 spiro atoms. The van der Waals surface area contributed by atoms with E-state index in [1.165, 1.54) is 0 Å². The van der Waals surface area contributed by atoms with Crippen molar-refractivity contribution in [3.05, 3.63) is 41.2 Å². The number of H-pyrrole nitrogens is 1. The quantitative estimate of drug-likeness (QED) is 0.889. The zero-order valence-electron chi connectivity index (χ0n) is 11.2. The maximum Gasteiger partial charge on any atom is 0.260 e. The zero-order valence-corrected chi connectivity index (χ0v) is 11.2. The molecule has 0 bridgehead atoms. The number of benzene rings is 1. The molecule has 0 fully saturated rings. The van der Waals surface area contributed by atoms with E-state index in [4.69, 9.17) is 4.74 Å². The second kappa shape index (κ2) is 5.42. The highest BCUT2D eigenvalue weighted by atomic mass is 16.5. The molecule has 1 aliphatic rings. The molecule has 2 N–H and O–H groups in total. The zero-order chi connectivity index (χ0) is 13.9. The molecule has 1 atom stereocenters. The van der Waals surface area contributed by atoms with Gasteiger partial charge in [-0.05, 0) is 17.5 Å². The number of nitrogens with one attached hydrogen (secondary N) is 2. The molecule has 0 saturated heterocycles. The van der Waals surface area contributed by atoms with Crippen molar-refractivity contribution in [1.29, 1.82) is 0 Å². The van der Waals surface area contributed by atoms with Gasteiger partial charge in [0.1, 0.15) is 5.82 Å². The molecule has 1 amide bonds. The average Bonchev–Trinajstić information content (AvgIpc) is 2.94. The highest BCUT2D eigenvalue weighted by Gasteiger charge is 2.27. The van der Waals surface area contributed by atoms with E-state index in [2.05, 4.69) is 20.5 Å². The van der Waals surface area contributed by atoms with E-state index >= 15 is 0 Å². The van der Waals surface area contributed by atoms with Crippen LogP contribution in [0.3, 0.4) is 0 Å². The first kappa shape index (κ1) is 12.8. The van der Waals surface area contributed by atoms with Crippen molar-refractivity contribution in [3.8, 4) is 0 Å². The van der Waals surface area contributed by atoms with Gasteiger partial charge in [-0.15, -0.1) is 5.10 Å². The normalized spacial score (nSPS) is 17.6. The summed E-state index contributed by atoms with van der Waals surface area (Å²) in [4.78, 5) is 16.5. The van der Waals surface area contributed by atoms with E-state index in [1.54, 1.807) is 0 Å². The highest BCUT2D eigenvalue weighted by molar-refractivity contribution is 5.93. The minimum atomic E-state index is -0.594. The topological polar surface area (TPSA) is 79.9 Å². The third-order valence-corrected chi connectivity index (χ3v) is 3.33. The molecule has 1 aromatic carbocycles. The summed E-state index contributed by atoms with van der Waals surface area (Å²) in [5.74, 6) is 0.794. The Morgan fingerprint density at radius 1 is 1.50 bits per heavy atom. The van der Waals surface area contributed by atoms with Crippen molar-refractivity contribution < 1.29 is 9.53 Å². The van der Waals surface area contributed by atoms with Crippen molar-refractivity contribution in [1.82, 2.24) is 15.2 Å². The number of nitrogens with zero attached hydrogens (tertiary/aromatic N) is 2. The second-order valence-electron chi connectivity index (χ2n) is 4.65. The van der Waals surface area contributed by atoms with Crippen LogP contribution in [0, 0.1) is 0 Å². The van der Waals surface area contributed by atoms with E-state index in [-0.39, 0.29) is 5.91 Å². The number of fused-ring (bicyclic) bond motifs is 1. The van der Waals surface area contributed by atoms with Crippen molar-refractivity contribution in [2.45, 2.75) is 25.9 Å². The standard InChI is InChI=1S/C14H16N4O2/c1-2-11-15-14(18-17-11)16-13(19)12-10-6-4-3-5-9(10)7-8-20-12/h3-6,12H,2,7-8H2,1H3,(H2,15,16,17,18,19). The number of amides is 1. The van der Waals surface area contributed by atoms with Gasteiger partial charge >= 0.3 is 0 Å². The van der Waals surface area contributed by atoms with Gasteiger partial charge in [0.15, 0.2) is 6.10 Å². The van der Waals surface area contributed by atoms with Gasteiger partial charge in [-0.1, -0.05) is 31.2 Å². The predicted molar refractivity (Wildman–Crippen MR) is 73.2 cm³/mol. The van der Waals surface area contributed by atoms with Crippen LogP contribution in [0.5, 0.6) is 0 Å². The van der Waals surface area contributed by atoms with Crippen LogP contribution in [0.4, 0.5) is 5.95 Å². The Kier molecular flexibility index (Phi) is 3.47. The average molecular weight is 272 g/mol. The smallest absolute Gasteiger partial charge is 0.260 e. The Bertz CT molecular complexity index is 623. The third kappa shape index (κ3) is 2.42. The number of hydrogen-bond acceptors (Lipinski definition) is 4. The molecule has 104 valence electrons. The summed E-state index contributed by atoms with van der Waals surface area (Å²) in [6.45, 7) is 2.51. The van der Waals surface area contributed by atoms with Crippen LogP contribution in [0.15, 0.2) is 24.3 Å². The van der Waals surface area contributed by atoms with Crippen LogP contribution >= 0.6 is 0 Å². The molecular formula is C14H16N4O2. The minimum Gasteiger partial charge on any atom is -0.363 e. The van der Waals surface area contributed by atoms with Crippen LogP contribution in [0.25, 0.3) is 0 Å². The van der Waals surface area contributed by atoms with E-state index in [0.29, 0.717) is 12.6 Å². The van der Waals surface area contributed by atoms with Gasteiger partial charge in [0.25, 0.3) is 5.91 Å². The summed E-state index contributed by atoms with van der Waals surface area (Å²) in [6, 6.07) is 7.84. The molecule has 6 nitrogen and oxygen atoms in total. The number of aromatic nitrogens is 3. The fraction of sp³-hybridized carbons (Fsp3) is 0.357. The van der Waals surface area contributed by atoms with Crippen LogP contribution in [0.2, 0.25) is 0 Å². The van der Waals surface area contributed by atoms with Gasteiger partial charge in [0.05, 0.1) is 6.61 Å². The second-order valence-corrected chi connectivity index (χ2v) is 4.65. The summed E-state index contributed by atoms with van der Waals surface area (Å²) in [6.07, 6.45) is 0.982. The molecular weight excluding hydrogens is 256 g/mol. The largest absolute Gasteiger partial charge is 0.363 e. The van der Waals surface area contributed by atoms with Crippen LogP contribution < -0.4 is 5.32 Å². The number of carbonyl (C=O) groups is 1. The third-order valence-electron chi connectivity index (χ3n) is 3.33. The number of aromatic amines is 1. The number of anilines is 1. The van der Waals surface area contributed by atoms with E-state index in [1.807, 2.05) is 31.2 Å². The monoisotopic (exact) mass is 272 g/mol. The van der Waals surface area contributed by atoms with Crippen molar-refractivity contribution in [2.75, 3.05) is 11.9 Å². The summed E-state index contributed by atoms with van der Waals surface area (Å²) in [5, 5.41) is 9.41. The molecule has 1 aliphatic heterocycles. The molecule has 0 saturated carbocycles. The lowest BCUT2D eigenvalue weighted by Gasteiger charge is -2.24. The maximum absolute atomic E-state index is 12.3. The van der Waals surface area contributed by atoms with Crippen LogP contribution in [-0.2, 0) is 22.4 Å². The fourth-order valence-corrected chi connectivity index (χ4v) is 2.30. The van der Waals surface area contributed by atoms with E-state index < -0.39 is 6.10 Å². The first-order valence-electron chi connectivity index (χ1n) is 6.69. The number of hydrogen-bond donors (Lipinski definition) is 2.